The molecule has 90 valence electrons. The number of hydrogen-bond donors (Lipinski definition) is 1. The first-order chi connectivity index (χ1) is 8.16. The van der Waals surface area contributed by atoms with Crippen LogP contribution in [0, 0.1) is 0 Å². The van der Waals surface area contributed by atoms with Crippen molar-refractivity contribution in [2.75, 3.05) is 5.75 Å². The van der Waals surface area contributed by atoms with Gasteiger partial charge in [0.15, 0.2) is 0 Å². The zero-order chi connectivity index (χ0) is 12.3. The molecule has 0 radical (unpaired) electrons. The highest BCUT2D eigenvalue weighted by atomic mass is 79.9. The molecule has 0 aliphatic carbocycles. The van der Waals surface area contributed by atoms with Crippen LogP contribution in [0.2, 0.25) is 0 Å². The van der Waals surface area contributed by atoms with Crippen LogP contribution in [0.1, 0.15) is 11.7 Å². The largest absolute Gasteiger partial charge is 0.388 e. The molecule has 0 aliphatic rings. The lowest BCUT2D eigenvalue weighted by molar-refractivity contribution is 0.204. The van der Waals surface area contributed by atoms with Crippen LogP contribution < -0.4 is 0 Å². The van der Waals surface area contributed by atoms with Gasteiger partial charge in [-0.3, -0.25) is 0 Å². The van der Waals surface area contributed by atoms with Crippen LogP contribution >= 0.6 is 27.7 Å². The summed E-state index contributed by atoms with van der Waals surface area (Å²) in [5, 5.41) is 21.8. The maximum absolute atomic E-state index is 9.99. The average Bonchev–Trinajstić information content (AvgIpc) is 2.73. The minimum Gasteiger partial charge on any atom is -0.388 e. The summed E-state index contributed by atoms with van der Waals surface area (Å²) in [4.78, 5) is 0. The maximum atomic E-state index is 9.99. The number of hydrogen-bond acceptors (Lipinski definition) is 5. The Hall–Kier alpha value is -0.920. The second-order valence-electron chi connectivity index (χ2n) is 3.46. The third-order valence-corrected chi connectivity index (χ3v) is 3.82. The summed E-state index contributed by atoms with van der Waals surface area (Å²) < 4.78 is 2.58. The van der Waals surface area contributed by atoms with Crippen molar-refractivity contribution in [2.45, 2.75) is 11.3 Å². The molecule has 0 fully saturated rings. The van der Waals surface area contributed by atoms with E-state index in [1.807, 2.05) is 24.3 Å². The molecule has 2 rings (SSSR count). The summed E-state index contributed by atoms with van der Waals surface area (Å²) in [6.45, 7) is 0. The lowest BCUT2D eigenvalue weighted by Crippen LogP contribution is -2.02. The highest BCUT2D eigenvalue weighted by Crippen LogP contribution is 2.23. The van der Waals surface area contributed by atoms with Crippen molar-refractivity contribution in [3.05, 3.63) is 34.3 Å². The van der Waals surface area contributed by atoms with Gasteiger partial charge in [-0.1, -0.05) is 39.8 Å². The van der Waals surface area contributed by atoms with Gasteiger partial charge in [-0.25, -0.2) is 4.68 Å². The molecule has 1 N–H and O–H groups in total. The molecule has 0 unspecified atom stereocenters. The van der Waals surface area contributed by atoms with Gasteiger partial charge in [-0.05, 0) is 28.1 Å². The molecule has 0 bridgehead atoms. The number of aryl methyl sites for hydroxylation is 1. The van der Waals surface area contributed by atoms with E-state index in [9.17, 15) is 5.11 Å². The molecular weight excluding hydrogens is 304 g/mol. The van der Waals surface area contributed by atoms with Gasteiger partial charge in [0.1, 0.15) is 0 Å². The van der Waals surface area contributed by atoms with Gasteiger partial charge < -0.3 is 5.11 Å². The first-order valence-electron chi connectivity index (χ1n) is 4.95. The fourth-order valence-corrected chi connectivity index (χ4v) is 2.36. The predicted octanol–water partition coefficient (Wildman–Crippen LogP) is 1.80. The number of aromatic nitrogens is 4. The van der Waals surface area contributed by atoms with Crippen molar-refractivity contribution >= 4 is 27.7 Å². The number of halogens is 1. The Kier molecular flexibility index (Phi) is 4.14. The van der Waals surface area contributed by atoms with Gasteiger partial charge in [-0.15, -0.1) is 5.10 Å². The van der Waals surface area contributed by atoms with Crippen molar-refractivity contribution in [1.82, 2.24) is 20.2 Å². The van der Waals surface area contributed by atoms with Gasteiger partial charge in [0, 0.05) is 17.3 Å². The molecule has 17 heavy (non-hydrogen) atoms. The third-order valence-electron chi connectivity index (χ3n) is 2.21. The molecule has 2 aromatic rings. The minimum atomic E-state index is -0.523. The van der Waals surface area contributed by atoms with E-state index in [1.165, 1.54) is 11.8 Å². The quantitative estimate of drug-likeness (QED) is 0.872. The highest BCUT2D eigenvalue weighted by Gasteiger charge is 2.10. The van der Waals surface area contributed by atoms with Gasteiger partial charge in [-0.2, -0.15) is 0 Å². The van der Waals surface area contributed by atoms with Crippen LogP contribution in [0.4, 0.5) is 0 Å². The van der Waals surface area contributed by atoms with Crippen LogP contribution in [0.3, 0.4) is 0 Å². The van der Waals surface area contributed by atoms with Crippen molar-refractivity contribution in [2.24, 2.45) is 7.05 Å². The monoisotopic (exact) mass is 314 g/mol. The number of nitrogens with zero attached hydrogens (tertiary/aromatic N) is 4. The Labute approximate surface area is 111 Å². The summed E-state index contributed by atoms with van der Waals surface area (Å²) in [6.07, 6.45) is -0.523. The van der Waals surface area contributed by atoms with Crippen LogP contribution in [0.25, 0.3) is 0 Å². The zero-order valence-corrected chi connectivity index (χ0v) is 11.5. The van der Waals surface area contributed by atoms with Crippen LogP contribution in [-0.4, -0.2) is 31.1 Å². The van der Waals surface area contributed by atoms with E-state index in [-0.39, 0.29) is 0 Å². The van der Waals surface area contributed by atoms with E-state index in [0.717, 1.165) is 10.0 Å². The SMILES string of the molecule is Cn1nnnc1SC[C@@H](O)c1ccc(Br)cc1. The number of tetrazole rings is 1. The van der Waals surface area contributed by atoms with Crippen molar-refractivity contribution in [1.29, 1.82) is 0 Å². The van der Waals surface area contributed by atoms with Crippen molar-refractivity contribution in [3.8, 4) is 0 Å². The van der Waals surface area contributed by atoms with E-state index in [0.29, 0.717) is 10.9 Å². The van der Waals surface area contributed by atoms with E-state index >= 15 is 0 Å². The maximum Gasteiger partial charge on any atom is 0.209 e. The lowest BCUT2D eigenvalue weighted by Gasteiger charge is -2.09. The number of benzene rings is 1. The number of aliphatic hydroxyl groups is 1. The standard InChI is InChI=1S/C10H11BrN4OS/c1-15-10(12-13-14-15)17-6-9(16)7-2-4-8(11)5-3-7/h2-5,9,16H,6H2,1H3/t9-/m1/s1. The normalized spacial score (nSPS) is 12.6. The number of aliphatic hydroxyl groups excluding tert-OH is 1. The van der Waals surface area contributed by atoms with Gasteiger partial charge >= 0.3 is 0 Å². The molecule has 0 amide bonds. The zero-order valence-electron chi connectivity index (χ0n) is 9.12. The molecule has 0 aliphatic heterocycles. The van der Waals surface area contributed by atoms with Crippen LogP contribution in [0.15, 0.2) is 33.9 Å². The van der Waals surface area contributed by atoms with E-state index in [1.54, 1.807) is 11.7 Å². The molecule has 0 spiro atoms. The molecule has 1 heterocycles. The molecule has 0 saturated carbocycles. The second-order valence-corrected chi connectivity index (χ2v) is 5.37. The van der Waals surface area contributed by atoms with Crippen molar-refractivity contribution < 1.29 is 5.11 Å². The smallest absolute Gasteiger partial charge is 0.209 e. The first kappa shape index (κ1) is 12.5. The summed E-state index contributed by atoms with van der Waals surface area (Å²) in [5.41, 5.74) is 0.885. The molecule has 1 aromatic heterocycles. The van der Waals surface area contributed by atoms with Crippen LogP contribution in [0.5, 0.6) is 0 Å². The summed E-state index contributed by atoms with van der Waals surface area (Å²) >= 11 is 4.78. The first-order valence-corrected chi connectivity index (χ1v) is 6.73. The Morgan fingerprint density at radius 2 is 2.12 bits per heavy atom. The molecule has 7 heteroatoms. The van der Waals surface area contributed by atoms with Crippen molar-refractivity contribution in [3.63, 3.8) is 0 Å². The van der Waals surface area contributed by atoms with E-state index < -0.39 is 6.10 Å². The fourth-order valence-electron chi connectivity index (χ4n) is 1.28. The molecule has 1 atom stereocenters. The van der Waals surface area contributed by atoms with Gasteiger partial charge in [0.2, 0.25) is 5.16 Å². The van der Waals surface area contributed by atoms with E-state index in [2.05, 4.69) is 31.5 Å². The lowest BCUT2D eigenvalue weighted by atomic mass is 10.1. The average molecular weight is 315 g/mol. The summed E-state index contributed by atoms with van der Waals surface area (Å²) in [6, 6.07) is 7.61. The van der Waals surface area contributed by atoms with E-state index in [4.69, 9.17) is 0 Å². The third kappa shape index (κ3) is 3.27. The summed E-state index contributed by atoms with van der Waals surface area (Å²) in [7, 11) is 1.77. The fraction of sp³-hybridized carbons (Fsp3) is 0.300. The molecule has 5 nitrogen and oxygen atoms in total. The minimum absolute atomic E-state index is 0.523. The molecule has 1 aromatic carbocycles. The molecule has 0 saturated heterocycles. The van der Waals surface area contributed by atoms with Gasteiger partial charge in [0.05, 0.1) is 6.10 Å². The Morgan fingerprint density at radius 1 is 1.41 bits per heavy atom. The molecular formula is C10H11BrN4OS. The Morgan fingerprint density at radius 3 is 2.71 bits per heavy atom. The topological polar surface area (TPSA) is 63.8 Å². The Bertz CT molecular complexity index is 487. The van der Waals surface area contributed by atoms with Crippen LogP contribution in [-0.2, 0) is 7.05 Å². The number of thioether (sulfide) groups is 1. The second kappa shape index (κ2) is 5.61. The van der Waals surface area contributed by atoms with Gasteiger partial charge in [0.25, 0.3) is 0 Å². The highest BCUT2D eigenvalue weighted by molar-refractivity contribution is 9.10. The predicted molar refractivity (Wildman–Crippen MR) is 68.6 cm³/mol. The summed E-state index contributed by atoms with van der Waals surface area (Å²) in [5.74, 6) is 0.524. The number of rotatable bonds is 4. The Balaban J connectivity index is 1.95.